The molecule has 0 heterocycles. The van der Waals surface area contributed by atoms with E-state index in [0.29, 0.717) is 5.69 Å². The highest BCUT2D eigenvalue weighted by Gasteiger charge is 2.37. The molecule has 2 aliphatic carbocycles. The molecule has 0 saturated heterocycles. The van der Waals surface area contributed by atoms with Crippen LogP contribution in [-0.2, 0) is 10.8 Å². The zero-order chi connectivity index (χ0) is 41.3. The summed E-state index contributed by atoms with van der Waals surface area (Å²) in [4.78, 5) is 0. The van der Waals surface area contributed by atoms with Crippen LogP contribution < -0.4 is 11.1 Å². The Bertz CT molecular complexity index is 2780. The fraction of sp³-hybridized carbons (Fsp3) is 0.111. The molecule has 0 bridgehead atoms. The standard InChI is InChI=1S/C27H22FN.C15H13Br.C12H10FN/c1-27(2)23-13-4-3-12-22(23)26-24(27)14-7-15-25(26)29-21-11-6-9-19(17-21)18-8-5-10-20(28)16-18;1-15(2)11-7-4-3-6-10(11)14-12(15)8-5-9-13(14)16;13-11-5-1-3-9(7-11)10-4-2-6-12(14)8-10/h3-17,29H,1-2H3;3-9H,1-2H3;1-8H,14H2. The van der Waals surface area contributed by atoms with Crippen LogP contribution in [0.15, 0.2) is 186 Å². The quantitative estimate of drug-likeness (QED) is 0.173. The molecule has 0 saturated carbocycles. The maximum Gasteiger partial charge on any atom is 0.123 e. The molecule has 3 N–H and O–H groups in total. The van der Waals surface area contributed by atoms with E-state index >= 15 is 0 Å². The van der Waals surface area contributed by atoms with Crippen molar-refractivity contribution in [3.05, 3.63) is 220 Å². The molecule has 8 aromatic rings. The molecule has 0 spiro atoms. The van der Waals surface area contributed by atoms with Gasteiger partial charge in [0.1, 0.15) is 11.6 Å². The first-order valence-electron chi connectivity index (χ1n) is 19.8. The number of nitrogen functional groups attached to an aromatic ring is 1. The second-order valence-corrected chi connectivity index (χ2v) is 16.9. The number of hydrogen-bond donors (Lipinski definition) is 2. The number of rotatable bonds is 4. The number of nitrogens with one attached hydrogen (secondary N) is 1. The van der Waals surface area contributed by atoms with E-state index in [0.717, 1.165) is 33.6 Å². The molecule has 0 aromatic heterocycles. The highest BCUT2D eigenvalue weighted by molar-refractivity contribution is 9.10. The largest absolute Gasteiger partial charge is 0.399 e. The second-order valence-electron chi connectivity index (χ2n) is 16.1. The van der Waals surface area contributed by atoms with E-state index in [1.165, 1.54) is 67.2 Å². The summed E-state index contributed by atoms with van der Waals surface area (Å²) in [6, 6.07) is 59.0. The highest BCUT2D eigenvalue weighted by atomic mass is 79.9. The van der Waals surface area contributed by atoms with Crippen molar-refractivity contribution in [1.29, 1.82) is 0 Å². The zero-order valence-electron chi connectivity index (χ0n) is 33.5. The molecule has 5 heteroatoms. The van der Waals surface area contributed by atoms with Gasteiger partial charge in [0.25, 0.3) is 0 Å². The minimum atomic E-state index is -0.232. The third-order valence-electron chi connectivity index (χ3n) is 11.5. The molecule has 0 radical (unpaired) electrons. The van der Waals surface area contributed by atoms with Gasteiger partial charge < -0.3 is 11.1 Å². The van der Waals surface area contributed by atoms with Gasteiger partial charge in [-0.05, 0) is 116 Å². The van der Waals surface area contributed by atoms with Crippen LogP contribution in [0.1, 0.15) is 49.9 Å². The Morgan fingerprint density at radius 3 is 1.46 bits per heavy atom. The van der Waals surface area contributed by atoms with Crippen molar-refractivity contribution < 1.29 is 8.78 Å². The first kappa shape index (κ1) is 39.5. The van der Waals surface area contributed by atoms with Crippen molar-refractivity contribution >= 4 is 33.0 Å². The maximum absolute atomic E-state index is 13.6. The third kappa shape index (κ3) is 7.83. The predicted octanol–water partition coefficient (Wildman–Crippen LogP) is 15.4. The molecule has 8 aromatic carbocycles. The fourth-order valence-corrected chi connectivity index (χ4v) is 9.13. The van der Waals surface area contributed by atoms with E-state index in [9.17, 15) is 8.78 Å². The van der Waals surface area contributed by atoms with Gasteiger partial charge in [-0.3, -0.25) is 0 Å². The van der Waals surface area contributed by atoms with E-state index < -0.39 is 0 Å². The fourth-order valence-electron chi connectivity index (χ4n) is 8.55. The smallest absolute Gasteiger partial charge is 0.123 e. The average Bonchev–Trinajstić information content (AvgIpc) is 3.62. The highest BCUT2D eigenvalue weighted by Crippen LogP contribution is 2.52. The van der Waals surface area contributed by atoms with E-state index in [1.807, 2.05) is 54.6 Å². The lowest BCUT2D eigenvalue weighted by molar-refractivity contribution is 0.628. The molecule has 2 aliphatic rings. The Balaban J connectivity index is 0.000000136. The van der Waals surface area contributed by atoms with Gasteiger partial charge >= 0.3 is 0 Å². The Morgan fingerprint density at radius 1 is 0.441 bits per heavy atom. The monoisotopic (exact) mass is 838 g/mol. The summed E-state index contributed by atoms with van der Waals surface area (Å²) in [5, 5.41) is 3.61. The molecule has 2 nitrogen and oxygen atoms in total. The predicted molar refractivity (Wildman–Crippen MR) is 247 cm³/mol. The molecule has 0 unspecified atom stereocenters. The van der Waals surface area contributed by atoms with E-state index in [1.54, 1.807) is 18.2 Å². The molecule has 0 fully saturated rings. The van der Waals surface area contributed by atoms with Gasteiger partial charge in [0.2, 0.25) is 0 Å². The van der Waals surface area contributed by atoms with Crippen LogP contribution in [0.25, 0.3) is 44.5 Å². The normalized spacial score (nSPS) is 13.3. The van der Waals surface area contributed by atoms with E-state index in [4.69, 9.17) is 5.73 Å². The van der Waals surface area contributed by atoms with Crippen LogP contribution in [0.5, 0.6) is 0 Å². The van der Waals surface area contributed by atoms with Gasteiger partial charge in [-0.1, -0.05) is 165 Å². The minimum absolute atomic E-state index is 0.0208. The van der Waals surface area contributed by atoms with Crippen molar-refractivity contribution in [2.75, 3.05) is 11.1 Å². The van der Waals surface area contributed by atoms with Gasteiger partial charge in [0.15, 0.2) is 0 Å². The number of fused-ring (bicyclic) bond motifs is 6. The Morgan fingerprint density at radius 2 is 0.881 bits per heavy atom. The van der Waals surface area contributed by atoms with Crippen LogP contribution in [0.3, 0.4) is 0 Å². The molecule has 59 heavy (non-hydrogen) atoms. The van der Waals surface area contributed by atoms with E-state index in [-0.39, 0.29) is 22.5 Å². The number of anilines is 3. The zero-order valence-corrected chi connectivity index (χ0v) is 35.1. The third-order valence-corrected chi connectivity index (χ3v) is 12.2. The van der Waals surface area contributed by atoms with Crippen LogP contribution >= 0.6 is 15.9 Å². The lowest BCUT2D eigenvalue weighted by Crippen LogP contribution is -2.14. The minimum Gasteiger partial charge on any atom is -0.399 e. The lowest BCUT2D eigenvalue weighted by Gasteiger charge is -2.21. The number of benzene rings is 8. The molecule has 0 atom stereocenters. The molecule has 10 rings (SSSR count). The van der Waals surface area contributed by atoms with Crippen LogP contribution in [0.4, 0.5) is 25.8 Å². The average molecular weight is 840 g/mol. The lowest BCUT2D eigenvalue weighted by atomic mass is 9.82. The van der Waals surface area contributed by atoms with Crippen LogP contribution in [-0.4, -0.2) is 0 Å². The van der Waals surface area contributed by atoms with Gasteiger partial charge in [0, 0.05) is 43.5 Å². The van der Waals surface area contributed by atoms with Crippen molar-refractivity contribution in [2.24, 2.45) is 0 Å². The van der Waals surface area contributed by atoms with Crippen molar-refractivity contribution in [1.82, 2.24) is 0 Å². The summed E-state index contributed by atoms with van der Waals surface area (Å²) in [5.74, 6) is -0.453. The number of nitrogens with two attached hydrogens (primary N) is 1. The summed E-state index contributed by atoms with van der Waals surface area (Å²) in [6.07, 6.45) is 0. The number of halogens is 3. The van der Waals surface area contributed by atoms with Crippen molar-refractivity contribution in [3.63, 3.8) is 0 Å². The van der Waals surface area contributed by atoms with Gasteiger partial charge in [-0.2, -0.15) is 0 Å². The van der Waals surface area contributed by atoms with Gasteiger partial charge in [-0.15, -0.1) is 0 Å². The molecule has 0 amide bonds. The summed E-state index contributed by atoms with van der Waals surface area (Å²) in [5.41, 5.74) is 23.0. The summed E-state index contributed by atoms with van der Waals surface area (Å²) < 4.78 is 27.8. The van der Waals surface area contributed by atoms with Crippen LogP contribution in [0.2, 0.25) is 0 Å². The SMILES string of the molecule is CC1(C)c2ccccc2-c2c(Br)cccc21.CC1(C)c2ccccc2-c2c(Nc3cccc(-c4cccc(F)c4)c3)cccc21.Nc1cccc(-c2cccc(F)c2)c1. The maximum atomic E-state index is 13.6. The first-order chi connectivity index (χ1) is 28.4. The summed E-state index contributed by atoms with van der Waals surface area (Å²) in [7, 11) is 0. The molecule has 0 aliphatic heterocycles. The van der Waals surface area contributed by atoms with E-state index in [2.05, 4.69) is 140 Å². The number of hydrogen-bond acceptors (Lipinski definition) is 2. The second kappa shape index (κ2) is 16.2. The van der Waals surface area contributed by atoms with Crippen molar-refractivity contribution in [2.45, 2.75) is 38.5 Å². The molecular formula is C54H45BrF2N2. The Labute approximate surface area is 354 Å². The summed E-state index contributed by atoms with van der Waals surface area (Å²) >= 11 is 3.67. The molecular weight excluding hydrogens is 795 g/mol. The van der Waals surface area contributed by atoms with Gasteiger partial charge in [-0.25, -0.2) is 8.78 Å². The van der Waals surface area contributed by atoms with Crippen molar-refractivity contribution in [3.8, 4) is 44.5 Å². The first-order valence-corrected chi connectivity index (χ1v) is 20.6. The summed E-state index contributed by atoms with van der Waals surface area (Å²) in [6.45, 7) is 9.16. The van der Waals surface area contributed by atoms with Gasteiger partial charge in [0.05, 0.1) is 0 Å². The topological polar surface area (TPSA) is 38.0 Å². The Kier molecular flexibility index (Phi) is 10.8. The Hall–Kier alpha value is -6.30. The molecule has 292 valence electrons. The van der Waals surface area contributed by atoms with Crippen LogP contribution in [0, 0.1) is 11.6 Å².